The van der Waals surface area contributed by atoms with Gasteiger partial charge in [0.25, 0.3) is 0 Å². The summed E-state index contributed by atoms with van der Waals surface area (Å²) in [6.45, 7) is 5.22. The van der Waals surface area contributed by atoms with Gasteiger partial charge in [0, 0.05) is 6.54 Å². The van der Waals surface area contributed by atoms with E-state index in [1.165, 1.54) is 5.56 Å². The number of nitrogens with one attached hydrogen (secondary N) is 1. The molecule has 0 aromatic heterocycles. The topological polar surface area (TPSA) is 45.0 Å². The summed E-state index contributed by atoms with van der Waals surface area (Å²) in [6, 6.07) is 8.30. The molecule has 0 saturated heterocycles. The van der Waals surface area contributed by atoms with Gasteiger partial charge in [-0.3, -0.25) is 0 Å². The molecule has 0 saturated carbocycles. The van der Waals surface area contributed by atoms with Crippen molar-refractivity contribution in [2.45, 2.75) is 26.8 Å². The van der Waals surface area contributed by atoms with Crippen molar-refractivity contribution in [2.75, 3.05) is 13.7 Å². The maximum atomic E-state index is 8.92. The molecule has 0 aliphatic carbocycles. The van der Waals surface area contributed by atoms with Crippen molar-refractivity contribution in [3.63, 3.8) is 0 Å². The summed E-state index contributed by atoms with van der Waals surface area (Å²) in [5, 5.41) is 12.0. The molecule has 0 amide bonds. The second-order valence-corrected chi connectivity index (χ2v) is 5.74. The molecule has 1 aromatic rings. The normalized spacial score (nSPS) is 11.1. The number of hydrogen-bond acceptors (Lipinski definition) is 3. The Kier molecular flexibility index (Phi) is 5.64. The lowest BCUT2D eigenvalue weighted by Gasteiger charge is -2.16. The van der Waals surface area contributed by atoms with Crippen molar-refractivity contribution in [2.24, 2.45) is 5.41 Å². The van der Waals surface area contributed by atoms with Gasteiger partial charge in [0.1, 0.15) is 5.75 Å². The smallest absolute Gasteiger partial charge is 0.133 e. The standard InChI is InChI=1S/C14H19BrN2O/c1-14(2,10-16)6-7-18-13-5-4-11(9-17-3)8-12(13)15/h4-5,8,17H,6-7,9H2,1-3H3. The highest BCUT2D eigenvalue weighted by Gasteiger charge is 2.16. The lowest BCUT2D eigenvalue weighted by molar-refractivity contribution is 0.263. The third-order valence-corrected chi connectivity index (χ3v) is 3.28. The summed E-state index contributed by atoms with van der Waals surface area (Å²) in [5.41, 5.74) is 0.868. The Balaban J connectivity index is 2.56. The molecular formula is C14H19BrN2O. The van der Waals surface area contributed by atoms with E-state index < -0.39 is 0 Å². The van der Waals surface area contributed by atoms with Crippen molar-refractivity contribution in [1.29, 1.82) is 5.26 Å². The van der Waals surface area contributed by atoms with Crippen LogP contribution in [0, 0.1) is 16.7 Å². The minimum absolute atomic E-state index is 0.335. The van der Waals surface area contributed by atoms with Crippen LogP contribution in [0.15, 0.2) is 22.7 Å². The Hall–Kier alpha value is -1.05. The van der Waals surface area contributed by atoms with E-state index >= 15 is 0 Å². The van der Waals surface area contributed by atoms with Crippen LogP contribution in [0.5, 0.6) is 5.75 Å². The molecule has 3 nitrogen and oxygen atoms in total. The molecule has 98 valence electrons. The van der Waals surface area contributed by atoms with Gasteiger partial charge in [0.05, 0.1) is 22.6 Å². The molecule has 0 heterocycles. The Morgan fingerprint density at radius 3 is 2.72 bits per heavy atom. The van der Waals surface area contributed by atoms with Gasteiger partial charge in [-0.15, -0.1) is 0 Å². The first-order valence-electron chi connectivity index (χ1n) is 5.95. The summed E-state index contributed by atoms with van der Waals surface area (Å²) in [4.78, 5) is 0. The first-order chi connectivity index (χ1) is 8.48. The first-order valence-corrected chi connectivity index (χ1v) is 6.75. The molecule has 0 aliphatic rings. The van der Waals surface area contributed by atoms with Crippen LogP contribution < -0.4 is 10.1 Å². The van der Waals surface area contributed by atoms with Gasteiger partial charge >= 0.3 is 0 Å². The molecular weight excluding hydrogens is 292 g/mol. The Morgan fingerprint density at radius 1 is 1.44 bits per heavy atom. The minimum Gasteiger partial charge on any atom is -0.492 e. The fourth-order valence-corrected chi connectivity index (χ4v) is 1.99. The van der Waals surface area contributed by atoms with Gasteiger partial charge in [0.15, 0.2) is 0 Å². The summed E-state index contributed by atoms with van der Waals surface area (Å²) in [5.74, 6) is 0.823. The monoisotopic (exact) mass is 310 g/mol. The average molecular weight is 311 g/mol. The van der Waals surface area contributed by atoms with Crippen molar-refractivity contribution in [3.05, 3.63) is 28.2 Å². The number of benzene rings is 1. The highest BCUT2D eigenvalue weighted by molar-refractivity contribution is 9.10. The van der Waals surface area contributed by atoms with Crippen LogP contribution in [0.25, 0.3) is 0 Å². The largest absolute Gasteiger partial charge is 0.492 e. The van der Waals surface area contributed by atoms with Crippen molar-refractivity contribution >= 4 is 15.9 Å². The molecule has 0 radical (unpaired) electrons. The second kappa shape index (κ2) is 6.77. The molecule has 0 spiro atoms. The van der Waals surface area contributed by atoms with Crippen molar-refractivity contribution < 1.29 is 4.74 Å². The number of nitrogens with zero attached hydrogens (tertiary/aromatic N) is 1. The molecule has 0 bridgehead atoms. The first kappa shape index (κ1) is 15.0. The molecule has 1 aromatic carbocycles. The van der Waals surface area contributed by atoms with E-state index in [4.69, 9.17) is 10.00 Å². The Labute approximate surface area is 117 Å². The average Bonchev–Trinajstić information content (AvgIpc) is 2.32. The number of hydrogen-bond donors (Lipinski definition) is 1. The van der Waals surface area contributed by atoms with Gasteiger partial charge in [-0.25, -0.2) is 0 Å². The summed E-state index contributed by atoms with van der Waals surface area (Å²) < 4.78 is 6.64. The maximum absolute atomic E-state index is 8.92. The van der Waals surface area contributed by atoms with E-state index in [0.717, 1.165) is 16.8 Å². The van der Waals surface area contributed by atoms with Crippen LogP contribution in [0.4, 0.5) is 0 Å². The zero-order chi connectivity index (χ0) is 13.6. The molecule has 1 N–H and O–H groups in total. The fourth-order valence-electron chi connectivity index (χ4n) is 1.45. The van der Waals surface area contributed by atoms with E-state index in [-0.39, 0.29) is 5.41 Å². The Morgan fingerprint density at radius 2 is 2.17 bits per heavy atom. The predicted molar refractivity (Wildman–Crippen MR) is 76.4 cm³/mol. The van der Waals surface area contributed by atoms with E-state index in [2.05, 4.69) is 27.3 Å². The number of halogens is 1. The summed E-state index contributed by atoms with van der Waals surface area (Å²) >= 11 is 3.50. The second-order valence-electron chi connectivity index (χ2n) is 4.89. The van der Waals surface area contributed by atoms with Gasteiger partial charge in [-0.05, 0) is 60.9 Å². The van der Waals surface area contributed by atoms with Crippen molar-refractivity contribution in [1.82, 2.24) is 5.32 Å². The van der Waals surface area contributed by atoms with Gasteiger partial charge < -0.3 is 10.1 Å². The van der Waals surface area contributed by atoms with Crippen molar-refractivity contribution in [3.8, 4) is 11.8 Å². The van der Waals surface area contributed by atoms with E-state index in [0.29, 0.717) is 13.0 Å². The molecule has 0 aliphatic heterocycles. The molecule has 18 heavy (non-hydrogen) atoms. The highest BCUT2D eigenvalue weighted by Crippen LogP contribution is 2.27. The molecule has 1 rings (SSSR count). The molecule has 4 heteroatoms. The van der Waals surface area contributed by atoms with E-state index in [1.54, 1.807) is 0 Å². The van der Waals surface area contributed by atoms with Gasteiger partial charge in [-0.1, -0.05) is 6.07 Å². The van der Waals surface area contributed by atoms with Crippen LogP contribution in [-0.4, -0.2) is 13.7 Å². The van der Waals surface area contributed by atoms with Gasteiger partial charge in [0.2, 0.25) is 0 Å². The third kappa shape index (κ3) is 4.67. The molecule has 0 unspecified atom stereocenters. The summed E-state index contributed by atoms with van der Waals surface area (Å²) in [6.07, 6.45) is 0.716. The fraction of sp³-hybridized carbons (Fsp3) is 0.500. The number of ether oxygens (including phenoxy) is 1. The lowest BCUT2D eigenvalue weighted by atomic mass is 9.92. The van der Waals surface area contributed by atoms with Crippen LogP contribution in [0.1, 0.15) is 25.8 Å². The predicted octanol–water partition coefficient (Wildman–Crippen LogP) is 3.49. The van der Waals surface area contributed by atoms with E-state index in [9.17, 15) is 0 Å². The number of nitriles is 1. The SMILES string of the molecule is CNCc1ccc(OCCC(C)(C)C#N)c(Br)c1. The zero-order valence-electron chi connectivity index (χ0n) is 11.1. The van der Waals surface area contributed by atoms with E-state index in [1.807, 2.05) is 39.1 Å². The lowest BCUT2D eigenvalue weighted by Crippen LogP contribution is -2.13. The zero-order valence-corrected chi connectivity index (χ0v) is 12.7. The Bertz CT molecular complexity index is 438. The van der Waals surface area contributed by atoms with Crippen LogP contribution >= 0.6 is 15.9 Å². The van der Waals surface area contributed by atoms with Crippen LogP contribution in [0.3, 0.4) is 0 Å². The van der Waals surface area contributed by atoms with Gasteiger partial charge in [-0.2, -0.15) is 5.26 Å². The van der Waals surface area contributed by atoms with Crippen LogP contribution in [0.2, 0.25) is 0 Å². The summed E-state index contributed by atoms with van der Waals surface area (Å²) in [7, 11) is 1.92. The van der Waals surface area contributed by atoms with Crippen LogP contribution in [-0.2, 0) is 6.54 Å². The quantitative estimate of drug-likeness (QED) is 0.875. The molecule has 0 fully saturated rings. The third-order valence-electron chi connectivity index (χ3n) is 2.66. The minimum atomic E-state index is -0.335. The maximum Gasteiger partial charge on any atom is 0.133 e. The number of rotatable bonds is 6. The molecule has 0 atom stereocenters. The highest BCUT2D eigenvalue weighted by atomic mass is 79.9.